The van der Waals surface area contributed by atoms with Gasteiger partial charge in [-0.05, 0) is 65.1 Å². The normalized spacial score (nSPS) is 11.7. The van der Waals surface area contributed by atoms with Crippen LogP contribution in [0.25, 0.3) is 21.9 Å². The summed E-state index contributed by atoms with van der Waals surface area (Å²) in [5, 5.41) is 20.1. The molecule has 4 aromatic rings. The summed E-state index contributed by atoms with van der Waals surface area (Å²) in [6.07, 6.45) is 2.19. The van der Waals surface area contributed by atoms with E-state index in [1.165, 1.54) is 0 Å². The van der Waals surface area contributed by atoms with Crippen molar-refractivity contribution < 1.29 is 43.2 Å². The summed E-state index contributed by atoms with van der Waals surface area (Å²) in [5.41, 5.74) is 3.62. The zero-order valence-electron chi connectivity index (χ0n) is 32.7. The zero-order chi connectivity index (χ0) is 40.0. The maximum absolute atomic E-state index is 12.8. The number of carbonyl (C=O) groups excluding carboxylic acids is 2. The molecule has 0 fully saturated rings. The number of carbonyl (C=O) groups is 3. The van der Waals surface area contributed by atoms with Crippen molar-refractivity contribution >= 4 is 34.4 Å². The lowest BCUT2D eigenvalue weighted by Gasteiger charge is -2.19. The number of amides is 2. The molecule has 0 bridgehead atoms. The number of rotatable bonds is 27. The molecule has 0 unspecified atom stereocenters. The van der Waals surface area contributed by atoms with E-state index in [9.17, 15) is 19.5 Å². The first-order chi connectivity index (χ1) is 27.2. The Morgan fingerprint density at radius 1 is 0.768 bits per heavy atom. The van der Waals surface area contributed by atoms with Gasteiger partial charge in [0.05, 0.1) is 65.3 Å². The number of carboxylic acids is 1. The van der Waals surface area contributed by atoms with Crippen LogP contribution >= 0.6 is 0 Å². The van der Waals surface area contributed by atoms with Crippen LogP contribution in [0, 0.1) is 12.8 Å². The molecule has 0 radical (unpaired) electrons. The van der Waals surface area contributed by atoms with Crippen molar-refractivity contribution in [3.8, 4) is 16.9 Å². The van der Waals surface area contributed by atoms with Crippen molar-refractivity contribution in [2.75, 3.05) is 77.9 Å². The number of hydrogen-bond donors (Lipinski definition) is 4. The number of hydrogen-bond acceptors (Lipinski definition) is 10. The number of nitrogens with one attached hydrogen (secondary N) is 3. The lowest BCUT2D eigenvalue weighted by Crippen LogP contribution is -2.39. The van der Waals surface area contributed by atoms with Crippen LogP contribution in [0.3, 0.4) is 0 Å². The molecule has 56 heavy (non-hydrogen) atoms. The minimum absolute atomic E-state index is 0.228. The van der Waals surface area contributed by atoms with Gasteiger partial charge < -0.3 is 44.7 Å². The number of aromatic nitrogens is 1. The maximum Gasteiger partial charge on any atom is 0.305 e. The van der Waals surface area contributed by atoms with Crippen molar-refractivity contribution in [1.82, 2.24) is 15.6 Å². The molecule has 0 aliphatic carbocycles. The number of ether oxygens (including phenoxy) is 5. The first-order valence-corrected chi connectivity index (χ1v) is 19.2. The molecule has 13 nitrogen and oxygen atoms in total. The van der Waals surface area contributed by atoms with E-state index in [1.54, 1.807) is 6.20 Å². The molecule has 0 aliphatic rings. The SMILES string of the molecule is Cc1ccnc(NCCCC(=O)NCC(=O)N[C@@H](CC(=O)O)c2ccc(-c3ccc(OCCOCCOCCOCCOCC(C)C)c4ccccc34)cc2)c1. The second-order valence-corrected chi connectivity index (χ2v) is 13.7. The molecule has 1 atom stereocenters. The molecular weight excluding hydrogens is 716 g/mol. The minimum Gasteiger partial charge on any atom is -0.491 e. The van der Waals surface area contributed by atoms with Crippen molar-refractivity contribution in [2.45, 2.75) is 46.1 Å². The molecular formula is C43H56N4O9. The summed E-state index contributed by atoms with van der Waals surface area (Å²) in [6.45, 7) is 11.1. The standard InChI is InChI=1S/C43H56N4O9/c1-31(2)30-55-24-23-53-20-19-52-21-22-54-25-26-56-39-15-14-35(36-7-4-5-8-37(36)39)33-10-12-34(13-11-33)38(28-43(50)51)47-42(49)29-46-41(48)9-6-17-44-40-27-32(3)16-18-45-40/h4-5,7-8,10-16,18,27,31,38H,6,9,17,19-26,28-30H2,1-3H3,(H,44,45)(H,46,48)(H,47,49)(H,50,51)/t38-/m0/s1. The van der Waals surface area contributed by atoms with Crippen LogP contribution in [-0.4, -0.2) is 100 Å². The van der Waals surface area contributed by atoms with Gasteiger partial charge in [-0.25, -0.2) is 4.98 Å². The Labute approximate surface area is 329 Å². The van der Waals surface area contributed by atoms with Gasteiger partial charge in [-0.2, -0.15) is 0 Å². The predicted molar refractivity (Wildman–Crippen MR) is 216 cm³/mol. The monoisotopic (exact) mass is 772 g/mol. The number of benzene rings is 3. The van der Waals surface area contributed by atoms with Crippen LogP contribution < -0.4 is 20.7 Å². The van der Waals surface area contributed by atoms with E-state index in [0.29, 0.717) is 77.3 Å². The van der Waals surface area contributed by atoms with Crippen molar-refractivity contribution in [3.05, 3.63) is 90.1 Å². The van der Waals surface area contributed by atoms with E-state index < -0.39 is 17.9 Å². The predicted octanol–water partition coefficient (Wildman–Crippen LogP) is 5.95. The van der Waals surface area contributed by atoms with Crippen molar-refractivity contribution in [2.24, 2.45) is 5.92 Å². The van der Waals surface area contributed by atoms with Crippen LogP contribution in [0.4, 0.5) is 5.82 Å². The quantitative estimate of drug-likeness (QED) is 0.0529. The first-order valence-electron chi connectivity index (χ1n) is 19.2. The summed E-state index contributed by atoms with van der Waals surface area (Å²) < 4.78 is 28.3. The van der Waals surface area contributed by atoms with Gasteiger partial charge in [-0.15, -0.1) is 0 Å². The van der Waals surface area contributed by atoms with Gasteiger partial charge in [-0.3, -0.25) is 14.4 Å². The van der Waals surface area contributed by atoms with E-state index >= 15 is 0 Å². The lowest BCUT2D eigenvalue weighted by atomic mass is 9.95. The molecule has 3 aromatic carbocycles. The van der Waals surface area contributed by atoms with Gasteiger partial charge in [0, 0.05) is 31.2 Å². The number of anilines is 1. The zero-order valence-corrected chi connectivity index (χ0v) is 32.7. The molecule has 302 valence electrons. The highest BCUT2D eigenvalue weighted by atomic mass is 16.6. The van der Waals surface area contributed by atoms with Crippen LogP contribution in [-0.2, 0) is 33.3 Å². The molecule has 0 saturated heterocycles. The van der Waals surface area contributed by atoms with Gasteiger partial charge in [0.2, 0.25) is 11.8 Å². The number of aryl methyl sites for hydroxylation is 1. The third kappa shape index (κ3) is 16.0. The van der Waals surface area contributed by atoms with Crippen LogP contribution in [0.5, 0.6) is 5.75 Å². The highest BCUT2D eigenvalue weighted by Gasteiger charge is 2.19. The van der Waals surface area contributed by atoms with Crippen molar-refractivity contribution in [3.63, 3.8) is 0 Å². The number of nitrogens with zero attached hydrogens (tertiary/aromatic N) is 1. The Bertz CT molecular complexity index is 1800. The van der Waals surface area contributed by atoms with E-state index in [1.807, 2.05) is 79.7 Å². The van der Waals surface area contributed by atoms with Gasteiger partial charge in [0.15, 0.2) is 0 Å². The van der Waals surface area contributed by atoms with E-state index in [2.05, 4.69) is 34.8 Å². The fourth-order valence-corrected chi connectivity index (χ4v) is 5.77. The van der Waals surface area contributed by atoms with Crippen LogP contribution in [0.2, 0.25) is 0 Å². The van der Waals surface area contributed by atoms with Gasteiger partial charge in [0.1, 0.15) is 18.2 Å². The molecule has 1 heterocycles. The number of carboxylic acid groups (broad SMARTS) is 1. The van der Waals surface area contributed by atoms with E-state index in [-0.39, 0.29) is 25.3 Å². The average molecular weight is 773 g/mol. The highest BCUT2D eigenvalue weighted by molar-refractivity contribution is 6.00. The fraction of sp³-hybridized carbons (Fsp3) is 0.442. The average Bonchev–Trinajstić information content (AvgIpc) is 3.18. The summed E-state index contributed by atoms with van der Waals surface area (Å²) in [7, 11) is 0. The summed E-state index contributed by atoms with van der Waals surface area (Å²) in [6, 6.07) is 22.4. The van der Waals surface area contributed by atoms with Crippen molar-refractivity contribution in [1.29, 1.82) is 0 Å². The Morgan fingerprint density at radius 3 is 2.09 bits per heavy atom. The topological polar surface area (TPSA) is 167 Å². The van der Waals surface area contributed by atoms with Gasteiger partial charge in [-0.1, -0.05) is 68.4 Å². The Kier molecular flexibility index (Phi) is 19.0. The Morgan fingerprint density at radius 2 is 1.43 bits per heavy atom. The molecule has 4 N–H and O–H groups in total. The lowest BCUT2D eigenvalue weighted by molar-refractivity contribution is -0.138. The molecule has 13 heteroatoms. The molecule has 0 saturated carbocycles. The minimum atomic E-state index is -1.06. The van der Waals surface area contributed by atoms with E-state index in [4.69, 9.17) is 23.7 Å². The number of pyridine rings is 1. The molecule has 1 aromatic heterocycles. The number of fused-ring (bicyclic) bond motifs is 1. The molecule has 2 amide bonds. The second-order valence-electron chi connectivity index (χ2n) is 13.7. The van der Waals surface area contributed by atoms with Crippen LogP contribution in [0.15, 0.2) is 79.0 Å². The van der Waals surface area contributed by atoms with Gasteiger partial charge >= 0.3 is 5.97 Å². The Balaban J connectivity index is 1.21. The second kappa shape index (κ2) is 24.4. The highest BCUT2D eigenvalue weighted by Crippen LogP contribution is 2.35. The summed E-state index contributed by atoms with van der Waals surface area (Å²) in [5.74, 6) is 0.194. The largest absolute Gasteiger partial charge is 0.491 e. The Hall–Kier alpha value is -5.08. The van der Waals surface area contributed by atoms with Gasteiger partial charge in [0.25, 0.3) is 0 Å². The third-order valence-electron chi connectivity index (χ3n) is 8.52. The molecule has 0 aliphatic heterocycles. The molecule has 4 rings (SSSR count). The summed E-state index contributed by atoms with van der Waals surface area (Å²) in [4.78, 5) is 41.1. The fourth-order valence-electron chi connectivity index (χ4n) is 5.77. The maximum atomic E-state index is 12.8. The number of aliphatic carboxylic acids is 1. The summed E-state index contributed by atoms with van der Waals surface area (Å²) >= 11 is 0. The van der Waals surface area contributed by atoms with Crippen LogP contribution in [0.1, 0.15) is 50.3 Å². The first kappa shape index (κ1) is 43.6. The molecule has 0 spiro atoms. The smallest absolute Gasteiger partial charge is 0.305 e. The van der Waals surface area contributed by atoms with E-state index in [0.717, 1.165) is 45.6 Å². The third-order valence-corrected chi connectivity index (χ3v) is 8.52.